The maximum atomic E-state index is 14.3. The second-order valence-corrected chi connectivity index (χ2v) is 7.83. The summed E-state index contributed by atoms with van der Waals surface area (Å²) in [7, 11) is 0. The lowest BCUT2D eigenvalue weighted by Crippen LogP contribution is -2.72. The number of nitrogens with zero attached hydrogens (tertiary/aromatic N) is 6. The third kappa shape index (κ3) is 2.52. The average Bonchev–Trinajstić information content (AvgIpc) is 3.04. The first kappa shape index (κ1) is 17.0. The summed E-state index contributed by atoms with van der Waals surface area (Å²) in [5.41, 5.74) is 0.345. The monoisotopic (exact) mass is 400 g/mol. The number of aromatic hydroxyl groups is 1. The summed E-state index contributed by atoms with van der Waals surface area (Å²) >= 11 is 0. The van der Waals surface area contributed by atoms with E-state index in [1.807, 2.05) is 0 Å². The quantitative estimate of drug-likeness (QED) is 0.713. The Morgan fingerprint density at radius 1 is 1.07 bits per heavy atom. The highest BCUT2D eigenvalue weighted by Crippen LogP contribution is 2.38. The number of benzene rings is 1. The van der Waals surface area contributed by atoms with E-state index < -0.39 is 11.6 Å². The van der Waals surface area contributed by atoms with Gasteiger partial charge in [0.05, 0.1) is 25.5 Å². The summed E-state index contributed by atoms with van der Waals surface area (Å²) in [6.45, 7) is 3.37. The second-order valence-electron chi connectivity index (χ2n) is 7.83. The molecule has 3 aromatic rings. The van der Waals surface area contributed by atoms with Crippen molar-refractivity contribution in [3.05, 3.63) is 36.0 Å². The van der Waals surface area contributed by atoms with Gasteiger partial charge in [-0.2, -0.15) is 15.1 Å². The molecule has 1 aromatic carbocycles. The number of halogens is 2. The predicted octanol–water partition coefficient (Wildman–Crippen LogP) is 1.46. The number of anilines is 1. The van der Waals surface area contributed by atoms with Crippen molar-refractivity contribution in [3.63, 3.8) is 0 Å². The van der Waals surface area contributed by atoms with Crippen LogP contribution in [0.25, 0.3) is 16.7 Å². The minimum Gasteiger partial charge on any atom is -0.493 e. The Morgan fingerprint density at radius 2 is 1.86 bits per heavy atom. The van der Waals surface area contributed by atoms with E-state index in [-0.39, 0.29) is 29.3 Å². The van der Waals surface area contributed by atoms with Crippen molar-refractivity contribution in [2.24, 2.45) is 0 Å². The minimum atomic E-state index is -0.756. The number of hydrogen-bond donors (Lipinski definition) is 1. The Bertz CT molecular complexity index is 1110. The van der Waals surface area contributed by atoms with E-state index in [9.17, 15) is 13.9 Å². The van der Waals surface area contributed by atoms with Gasteiger partial charge in [0.2, 0.25) is 11.8 Å². The molecule has 2 unspecified atom stereocenters. The third-order valence-electron chi connectivity index (χ3n) is 6.12. The minimum absolute atomic E-state index is 0.0606. The molecule has 0 radical (unpaired) electrons. The van der Waals surface area contributed by atoms with Crippen molar-refractivity contribution in [3.8, 4) is 11.6 Å². The van der Waals surface area contributed by atoms with Gasteiger partial charge in [0, 0.05) is 31.2 Å². The maximum Gasteiger partial charge on any atom is 0.231 e. The van der Waals surface area contributed by atoms with Crippen LogP contribution in [0.4, 0.5) is 14.7 Å². The first-order valence-corrected chi connectivity index (χ1v) is 9.59. The van der Waals surface area contributed by atoms with Gasteiger partial charge < -0.3 is 14.7 Å². The Labute approximate surface area is 164 Å². The highest BCUT2D eigenvalue weighted by Gasteiger charge is 2.48. The molecule has 6 heterocycles. The van der Waals surface area contributed by atoms with Gasteiger partial charge in [-0.1, -0.05) is 0 Å². The second kappa shape index (κ2) is 6.07. The first-order valence-electron chi connectivity index (χ1n) is 9.59. The lowest BCUT2D eigenvalue weighted by Gasteiger charge is -2.58. The molecule has 0 spiro atoms. The first-order chi connectivity index (χ1) is 14.1. The standard InChI is InChI=1S/C19H18F2N6O2/c20-10-1-2-16(15(21)3-10)27-17-14(5-22-27)18(28)24-19(23-17)26-11-4-12(26)7-25(6-11)13-8-29-9-13/h1-3,5,11-13H,4,6-9H2,(H,23,24,28). The van der Waals surface area contributed by atoms with Crippen LogP contribution in [0.3, 0.4) is 0 Å². The summed E-state index contributed by atoms with van der Waals surface area (Å²) < 4.78 is 34.1. The van der Waals surface area contributed by atoms with Gasteiger partial charge in [-0.05, 0) is 18.6 Å². The van der Waals surface area contributed by atoms with Gasteiger partial charge >= 0.3 is 0 Å². The fourth-order valence-corrected chi connectivity index (χ4v) is 4.53. The van der Waals surface area contributed by atoms with Crippen LogP contribution in [-0.2, 0) is 4.74 Å². The van der Waals surface area contributed by atoms with Crippen LogP contribution in [0.1, 0.15) is 6.42 Å². The molecule has 0 saturated carbocycles. The number of ether oxygens (including phenoxy) is 1. The Hall–Kier alpha value is -2.85. The highest BCUT2D eigenvalue weighted by molar-refractivity contribution is 5.82. The molecule has 10 heteroatoms. The van der Waals surface area contributed by atoms with E-state index in [0.29, 0.717) is 17.4 Å². The van der Waals surface area contributed by atoms with Crippen LogP contribution in [0.5, 0.6) is 5.88 Å². The molecule has 7 rings (SSSR count). The smallest absolute Gasteiger partial charge is 0.231 e. The molecule has 2 aromatic heterocycles. The van der Waals surface area contributed by atoms with Crippen molar-refractivity contribution < 1.29 is 18.6 Å². The summed E-state index contributed by atoms with van der Waals surface area (Å²) in [5, 5.41) is 14.9. The van der Waals surface area contributed by atoms with Gasteiger partial charge in [0.1, 0.15) is 16.9 Å². The van der Waals surface area contributed by atoms with Crippen LogP contribution >= 0.6 is 0 Å². The molecule has 8 nitrogen and oxygen atoms in total. The van der Waals surface area contributed by atoms with E-state index in [1.165, 1.54) is 16.9 Å². The number of hydrogen-bond acceptors (Lipinski definition) is 7. The van der Waals surface area contributed by atoms with Crippen LogP contribution in [0.15, 0.2) is 24.4 Å². The van der Waals surface area contributed by atoms with Gasteiger partial charge in [0.15, 0.2) is 11.5 Å². The normalized spacial score (nSPS) is 24.6. The molecule has 1 N–H and O–H groups in total. The number of piperazine rings is 1. The summed E-state index contributed by atoms with van der Waals surface area (Å²) in [6.07, 6.45) is 2.44. The Kier molecular flexibility index (Phi) is 3.57. The van der Waals surface area contributed by atoms with Gasteiger partial charge in [-0.15, -0.1) is 0 Å². The Morgan fingerprint density at radius 3 is 2.55 bits per heavy atom. The van der Waals surface area contributed by atoms with Crippen LogP contribution in [0.2, 0.25) is 0 Å². The molecule has 2 bridgehead atoms. The van der Waals surface area contributed by atoms with Gasteiger partial charge in [-0.25, -0.2) is 13.5 Å². The molecule has 29 heavy (non-hydrogen) atoms. The molecular formula is C19H18F2N6O2. The molecule has 4 fully saturated rings. The summed E-state index contributed by atoms with van der Waals surface area (Å²) in [4.78, 5) is 13.4. The lowest BCUT2D eigenvalue weighted by atomic mass is 9.86. The zero-order valence-electron chi connectivity index (χ0n) is 15.4. The van der Waals surface area contributed by atoms with Crippen LogP contribution in [-0.4, -0.2) is 74.2 Å². The fraction of sp³-hybridized carbons (Fsp3) is 0.421. The molecular weight excluding hydrogens is 382 g/mol. The van der Waals surface area contributed by atoms with E-state index in [4.69, 9.17) is 4.74 Å². The number of rotatable bonds is 3. The molecule has 4 aliphatic heterocycles. The zero-order chi connectivity index (χ0) is 19.7. The van der Waals surface area contributed by atoms with Crippen molar-refractivity contribution >= 4 is 17.0 Å². The van der Waals surface area contributed by atoms with E-state index in [0.717, 1.165) is 44.9 Å². The number of aromatic nitrogens is 4. The zero-order valence-corrected chi connectivity index (χ0v) is 15.4. The van der Waals surface area contributed by atoms with Crippen LogP contribution in [0, 0.1) is 11.6 Å². The lowest BCUT2D eigenvalue weighted by molar-refractivity contribution is -0.0848. The number of fused-ring (bicyclic) bond motifs is 3. The predicted molar refractivity (Wildman–Crippen MR) is 99.1 cm³/mol. The summed E-state index contributed by atoms with van der Waals surface area (Å²) in [6, 6.07) is 4.28. The van der Waals surface area contributed by atoms with E-state index in [1.54, 1.807) is 0 Å². The van der Waals surface area contributed by atoms with E-state index >= 15 is 0 Å². The average molecular weight is 400 g/mol. The maximum absolute atomic E-state index is 14.3. The van der Waals surface area contributed by atoms with Crippen LogP contribution < -0.4 is 4.90 Å². The van der Waals surface area contributed by atoms with Crippen molar-refractivity contribution in [1.29, 1.82) is 0 Å². The highest BCUT2D eigenvalue weighted by atomic mass is 19.1. The fourth-order valence-electron chi connectivity index (χ4n) is 4.53. The van der Waals surface area contributed by atoms with Gasteiger partial charge in [-0.3, -0.25) is 4.90 Å². The third-order valence-corrected chi connectivity index (χ3v) is 6.12. The molecule has 150 valence electrons. The largest absolute Gasteiger partial charge is 0.493 e. The molecule has 0 amide bonds. The molecule has 4 saturated heterocycles. The SMILES string of the molecule is Oc1nc(N2C3CC2CN(C2COC2)C3)nc2c1cnn2-c1ccc(F)cc1F. The Balaban J connectivity index is 1.37. The van der Waals surface area contributed by atoms with Crippen molar-refractivity contribution in [1.82, 2.24) is 24.6 Å². The molecule has 0 aliphatic carbocycles. The molecule has 4 aliphatic rings. The summed E-state index contributed by atoms with van der Waals surface area (Å²) in [5.74, 6) is -1.22. The number of piperidine rings is 1. The van der Waals surface area contributed by atoms with E-state index in [2.05, 4.69) is 24.9 Å². The molecule has 2 atom stereocenters. The van der Waals surface area contributed by atoms with Gasteiger partial charge in [0.25, 0.3) is 0 Å². The van der Waals surface area contributed by atoms with Crippen molar-refractivity contribution in [2.75, 3.05) is 31.2 Å². The topological polar surface area (TPSA) is 79.5 Å². The van der Waals surface area contributed by atoms with Crippen molar-refractivity contribution in [2.45, 2.75) is 24.5 Å².